The van der Waals surface area contributed by atoms with Crippen molar-refractivity contribution in [2.45, 2.75) is 0 Å². The minimum atomic E-state index is -0.125. The number of hydrogen-bond acceptors (Lipinski definition) is 2. The molecule has 2 heterocycles. The van der Waals surface area contributed by atoms with Gasteiger partial charge in [0.25, 0.3) is 5.56 Å². The van der Waals surface area contributed by atoms with E-state index in [1.54, 1.807) is 18.3 Å². The molecule has 2 aromatic heterocycles. The predicted molar refractivity (Wildman–Crippen MR) is 75.7 cm³/mol. The Labute approximate surface area is 110 Å². The molecule has 0 aliphatic rings. The van der Waals surface area contributed by atoms with Crippen LogP contribution in [0.25, 0.3) is 22.5 Å². The van der Waals surface area contributed by atoms with Crippen molar-refractivity contribution in [1.29, 1.82) is 0 Å². The summed E-state index contributed by atoms with van der Waals surface area (Å²) in [4.78, 5) is 19.0. The van der Waals surface area contributed by atoms with Crippen molar-refractivity contribution in [1.82, 2.24) is 9.97 Å². The molecule has 0 amide bonds. The monoisotopic (exact) mass is 248 g/mol. The Balaban J connectivity index is 2.11. The summed E-state index contributed by atoms with van der Waals surface area (Å²) in [5.74, 6) is 0. The van der Waals surface area contributed by atoms with Gasteiger partial charge in [0.05, 0.1) is 17.0 Å². The first-order valence-corrected chi connectivity index (χ1v) is 6.05. The van der Waals surface area contributed by atoms with Crippen LogP contribution in [0.15, 0.2) is 71.7 Å². The van der Waals surface area contributed by atoms with E-state index >= 15 is 0 Å². The molecule has 3 heteroatoms. The molecule has 0 atom stereocenters. The third-order valence-corrected chi connectivity index (χ3v) is 2.91. The maximum Gasteiger partial charge on any atom is 0.257 e. The topological polar surface area (TPSA) is 45.8 Å². The smallest absolute Gasteiger partial charge is 0.257 e. The minimum absolute atomic E-state index is 0.125. The average molecular weight is 248 g/mol. The van der Waals surface area contributed by atoms with Gasteiger partial charge in [-0.15, -0.1) is 0 Å². The van der Waals surface area contributed by atoms with Crippen LogP contribution in [-0.2, 0) is 0 Å². The number of benzene rings is 1. The van der Waals surface area contributed by atoms with Crippen LogP contribution in [0.5, 0.6) is 0 Å². The van der Waals surface area contributed by atoms with E-state index < -0.39 is 0 Å². The van der Waals surface area contributed by atoms with Gasteiger partial charge in [0.15, 0.2) is 0 Å². The van der Waals surface area contributed by atoms with Crippen LogP contribution >= 0.6 is 0 Å². The van der Waals surface area contributed by atoms with E-state index in [9.17, 15) is 4.79 Å². The fourth-order valence-corrected chi connectivity index (χ4v) is 1.98. The molecule has 0 unspecified atom stereocenters. The molecule has 0 bridgehead atoms. The Morgan fingerprint density at radius 3 is 2.37 bits per heavy atom. The molecule has 92 valence electrons. The molecule has 0 spiro atoms. The zero-order valence-electron chi connectivity index (χ0n) is 10.2. The Morgan fingerprint density at radius 1 is 0.789 bits per heavy atom. The van der Waals surface area contributed by atoms with Crippen LogP contribution < -0.4 is 5.56 Å². The third-order valence-electron chi connectivity index (χ3n) is 2.91. The Bertz CT molecular complexity index is 748. The van der Waals surface area contributed by atoms with Gasteiger partial charge in [0.2, 0.25) is 0 Å². The van der Waals surface area contributed by atoms with Crippen LogP contribution in [0, 0.1) is 0 Å². The summed E-state index contributed by atoms with van der Waals surface area (Å²) in [6, 6.07) is 19.2. The lowest BCUT2D eigenvalue weighted by molar-refractivity contribution is 1.22. The molecule has 3 rings (SSSR count). The highest BCUT2D eigenvalue weighted by molar-refractivity contribution is 5.65. The molecule has 3 nitrogen and oxygen atoms in total. The van der Waals surface area contributed by atoms with E-state index in [2.05, 4.69) is 9.97 Å². The fourth-order valence-electron chi connectivity index (χ4n) is 1.98. The van der Waals surface area contributed by atoms with E-state index in [-0.39, 0.29) is 5.56 Å². The lowest BCUT2D eigenvalue weighted by Crippen LogP contribution is -2.07. The second kappa shape index (κ2) is 4.90. The van der Waals surface area contributed by atoms with Crippen molar-refractivity contribution >= 4 is 0 Å². The molecule has 0 saturated heterocycles. The number of nitrogens with zero attached hydrogens (tertiary/aromatic N) is 1. The van der Waals surface area contributed by atoms with Gasteiger partial charge in [-0.1, -0.05) is 36.4 Å². The molecule has 0 fully saturated rings. The normalized spacial score (nSPS) is 10.3. The van der Waals surface area contributed by atoms with E-state index in [1.807, 2.05) is 48.5 Å². The molecule has 1 aromatic carbocycles. The van der Waals surface area contributed by atoms with Crippen molar-refractivity contribution in [3.63, 3.8) is 0 Å². The highest BCUT2D eigenvalue weighted by Crippen LogP contribution is 2.20. The first-order valence-electron chi connectivity index (χ1n) is 6.05. The summed E-state index contributed by atoms with van der Waals surface area (Å²) in [6.45, 7) is 0. The third kappa shape index (κ3) is 2.31. The summed E-state index contributed by atoms with van der Waals surface area (Å²) >= 11 is 0. The first kappa shape index (κ1) is 11.4. The van der Waals surface area contributed by atoms with Gasteiger partial charge in [-0.05, 0) is 24.3 Å². The molecule has 19 heavy (non-hydrogen) atoms. The van der Waals surface area contributed by atoms with Crippen molar-refractivity contribution in [2.24, 2.45) is 0 Å². The summed E-state index contributed by atoms with van der Waals surface area (Å²) in [6.07, 6.45) is 1.62. The fraction of sp³-hybridized carbons (Fsp3) is 0. The van der Waals surface area contributed by atoms with E-state index in [1.165, 1.54) is 0 Å². The van der Waals surface area contributed by atoms with Gasteiger partial charge in [0, 0.05) is 11.8 Å². The largest absolute Gasteiger partial charge is 0.329 e. The lowest BCUT2D eigenvalue weighted by Gasteiger charge is -2.04. The molecule has 3 aromatic rings. The SMILES string of the molecule is O=c1[nH]cccc1-c1cccc(-c2ccccc2)n1. The van der Waals surface area contributed by atoms with E-state index in [0.717, 1.165) is 11.3 Å². The van der Waals surface area contributed by atoms with Crippen molar-refractivity contribution in [3.8, 4) is 22.5 Å². The minimum Gasteiger partial charge on any atom is -0.329 e. The van der Waals surface area contributed by atoms with Crippen LogP contribution in [0.2, 0.25) is 0 Å². The molecule has 1 N–H and O–H groups in total. The second-order valence-electron chi connectivity index (χ2n) is 4.19. The highest BCUT2D eigenvalue weighted by Gasteiger charge is 2.05. The number of H-pyrrole nitrogens is 1. The summed E-state index contributed by atoms with van der Waals surface area (Å²) in [5, 5.41) is 0. The molecule has 0 radical (unpaired) electrons. The summed E-state index contributed by atoms with van der Waals surface area (Å²) in [7, 11) is 0. The number of aromatic nitrogens is 2. The molecular formula is C16H12N2O. The number of pyridine rings is 2. The van der Waals surface area contributed by atoms with Crippen LogP contribution in [0.1, 0.15) is 0 Å². The van der Waals surface area contributed by atoms with Crippen LogP contribution in [0.4, 0.5) is 0 Å². The van der Waals surface area contributed by atoms with Gasteiger partial charge >= 0.3 is 0 Å². The van der Waals surface area contributed by atoms with Gasteiger partial charge in [-0.2, -0.15) is 0 Å². The lowest BCUT2D eigenvalue weighted by atomic mass is 10.1. The first-order chi connectivity index (χ1) is 9.34. The maximum atomic E-state index is 11.8. The maximum absolute atomic E-state index is 11.8. The van der Waals surface area contributed by atoms with Crippen molar-refractivity contribution in [3.05, 3.63) is 77.2 Å². The van der Waals surface area contributed by atoms with Crippen LogP contribution in [0.3, 0.4) is 0 Å². The van der Waals surface area contributed by atoms with E-state index in [4.69, 9.17) is 0 Å². The zero-order valence-corrected chi connectivity index (χ0v) is 10.2. The van der Waals surface area contributed by atoms with Crippen molar-refractivity contribution < 1.29 is 0 Å². The van der Waals surface area contributed by atoms with Gasteiger partial charge < -0.3 is 4.98 Å². The summed E-state index contributed by atoms with van der Waals surface area (Å²) in [5.41, 5.74) is 3.04. The highest BCUT2D eigenvalue weighted by atomic mass is 16.1. The second-order valence-corrected chi connectivity index (χ2v) is 4.19. The molecule has 0 aliphatic heterocycles. The predicted octanol–water partition coefficient (Wildman–Crippen LogP) is 3.10. The Kier molecular flexibility index (Phi) is 2.94. The standard InChI is InChI=1S/C16H12N2O/c19-16-13(8-5-11-17-16)15-10-4-9-14(18-15)12-6-2-1-3-7-12/h1-11H,(H,17,19). The molecular weight excluding hydrogens is 236 g/mol. The summed E-state index contributed by atoms with van der Waals surface area (Å²) < 4.78 is 0. The Hall–Kier alpha value is -2.68. The molecule has 0 aliphatic carbocycles. The number of aromatic amines is 1. The zero-order chi connectivity index (χ0) is 13.1. The average Bonchev–Trinajstić information content (AvgIpc) is 2.49. The van der Waals surface area contributed by atoms with Gasteiger partial charge in [-0.3, -0.25) is 4.79 Å². The quantitative estimate of drug-likeness (QED) is 0.757. The van der Waals surface area contributed by atoms with Crippen molar-refractivity contribution in [2.75, 3.05) is 0 Å². The number of nitrogens with one attached hydrogen (secondary N) is 1. The van der Waals surface area contributed by atoms with Gasteiger partial charge in [-0.25, -0.2) is 4.98 Å². The number of rotatable bonds is 2. The van der Waals surface area contributed by atoms with Gasteiger partial charge in [0.1, 0.15) is 0 Å². The molecule has 0 saturated carbocycles. The van der Waals surface area contributed by atoms with E-state index in [0.29, 0.717) is 11.3 Å². The Morgan fingerprint density at radius 2 is 1.58 bits per heavy atom. The van der Waals surface area contributed by atoms with Crippen LogP contribution in [-0.4, -0.2) is 9.97 Å². The number of hydrogen-bond donors (Lipinski definition) is 1.